The molecule has 0 fully saturated rings. The van der Waals surface area contributed by atoms with Crippen LogP contribution in [0.5, 0.6) is 11.5 Å². The van der Waals surface area contributed by atoms with Crippen molar-refractivity contribution in [1.82, 2.24) is 5.43 Å². The second-order valence-corrected chi connectivity index (χ2v) is 11.4. The van der Waals surface area contributed by atoms with Crippen molar-refractivity contribution >= 4 is 43.8 Å². The first-order chi connectivity index (χ1) is 17.5. The van der Waals surface area contributed by atoms with Crippen molar-refractivity contribution in [1.29, 1.82) is 0 Å². The number of ether oxygens (including phenoxy) is 2. The predicted octanol–water partition coefficient (Wildman–Crippen LogP) is 4.88. The van der Waals surface area contributed by atoms with Crippen molar-refractivity contribution < 1.29 is 22.7 Å². The van der Waals surface area contributed by atoms with Crippen molar-refractivity contribution in [3.63, 3.8) is 0 Å². The Morgan fingerprint density at radius 3 is 2.38 bits per heavy atom. The molecular formula is C27H30BrN3O5S. The summed E-state index contributed by atoms with van der Waals surface area (Å²) in [6, 6.07) is 16.8. The Balaban J connectivity index is 1.68. The number of aryl methyl sites for hydroxylation is 3. The van der Waals surface area contributed by atoms with Gasteiger partial charge in [-0.15, -0.1) is 0 Å². The van der Waals surface area contributed by atoms with E-state index in [1.807, 2.05) is 51.1 Å². The molecule has 3 aromatic carbocycles. The van der Waals surface area contributed by atoms with Gasteiger partial charge in [-0.2, -0.15) is 5.10 Å². The molecule has 0 saturated heterocycles. The minimum Gasteiger partial charge on any atom is -0.493 e. The third kappa shape index (κ3) is 7.80. The maximum Gasteiger partial charge on any atom is 0.260 e. The van der Waals surface area contributed by atoms with Gasteiger partial charge in [-0.1, -0.05) is 35.9 Å². The van der Waals surface area contributed by atoms with E-state index in [1.165, 1.54) is 18.9 Å². The van der Waals surface area contributed by atoms with Gasteiger partial charge < -0.3 is 9.47 Å². The van der Waals surface area contributed by atoms with Gasteiger partial charge in [-0.3, -0.25) is 9.10 Å². The number of hydrogen-bond donors (Lipinski definition) is 1. The molecule has 0 atom stereocenters. The number of hydrogen-bond acceptors (Lipinski definition) is 6. The van der Waals surface area contributed by atoms with Gasteiger partial charge in [0.2, 0.25) is 10.0 Å². The van der Waals surface area contributed by atoms with Crippen molar-refractivity contribution in [3.05, 3.63) is 86.9 Å². The minimum absolute atomic E-state index is 0.371. The van der Waals surface area contributed by atoms with Crippen LogP contribution in [0.2, 0.25) is 0 Å². The van der Waals surface area contributed by atoms with Crippen LogP contribution < -0.4 is 19.2 Å². The number of sulfonamides is 1. The maximum atomic E-state index is 12.5. The lowest BCUT2D eigenvalue weighted by atomic mass is 10.1. The Labute approximate surface area is 226 Å². The van der Waals surface area contributed by atoms with Crippen LogP contribution in [-0.4, -0.2) is 40.4 Å². The summed E-state index contributed by atoms with van der Waals surface area (Å²) in [6.45, 7) is 5.81. The zero-order valence-electron chi connectivity index (χ0n) is 21.4. The summed E-state index contributed by atoms with van der Waals surface area (Å²) < 4.78 is 37.8. The fourth-order valence-electron chi connectivity index (χ4n) is 3.42. The second-order valence-electron chi connectivity index (χ2n) is 8.64. The molecule has 8 nitrogen and oxygen atoms in total. The zero-order chi connectivity index (χ0) is 27.2. The molecule has 0 radical (unpaired) electrons. The van der Waals surface area contributed by atoms with Gasteiger partial charge in [-0.25, -0.2) is 13.8 Å². The van der Waals surface area contributed by atoms with E-state index in [4.69, 9.17) is 9.47 Å². The summed E-state index contributed by atoms with van der Waals surface area (Å²) in [5.41, 5.74) is 7.60. The molecule has 0 spiro atoms. The van der Waals surface area contributed by atoms with E-state index >= 15 is 0 Å². The number of nitrogens with zero attached hydrogens (tertiary/aromatic N) is 2. The molecule has 3 rings (SSSR count). The van der Waals surface area contributed by atoms with Crippen LogP contribution in [0, 0.1) is 20.8 Å². The lowest BCUT2D eigenvalue weighted by Gasteiger charge is -2.22. The van der Waals surface area contributed by atoms with Crippen molar-refractivity contribution in [2.75, 3.05) is 24.2 Å². The van der Waals surface area contributed by atoms with Crippen LogP contribution in [0.4, 0.5) is 5.69 Å². The Bertz CT molecular complexity index is 1410. The van der Waals surface area contributed by atoms with Crippen LogP contribution in [0.1, 0.15) is 27.8 Å². The number of amides is 1. The third-order valence-corrected chi connectivity index (χ3v) is 7.35. The van der Waals surface area contributed by atoms with Crippen molar-refractivity contribution in [3.8, 4) is 11.5 Å². The topological polar surface area (TPSA) is 97.3 Å². The first-order valence-electron chi connectivity index (χ1n) is 11.4. The lowest BCUT2D eigenvalue weighted by molar-refractivity contribution is -0.119. The van der Waals surface area contributed by atoms with Crippen molar-refractivity contribution in [2.45, 2.75) is 27.4 Å². The van der Waals surface area contributed by atoms with E-state index in [2.05, 4.69) is 26.5 Å². The van der Waals surface area contributed by atoms with E-state index in [0.29, 0.717) is 33.8 Å². The Hall–Kier alpha value is -3.37. The molecule has 0 aliphatic carbocycles. The highest BCUT2D eigenvalue weighted by Crippen LogP contribution is 2.37. The normalized spacial score (nSPS) is 11.4. The maximum absolute atomic E-state index is 12.5. The van der Waals surface area contributed by atoms with Crippen LogP contribution in [0.25, 0.3) is 0 Å². The summed E-state index contributed by atoms with van der Waals surface area (Å²) in [7, 11) is -2.15. The number of carbonyl (C=O) groups excluding carboxylic acids is 1. The third-order valence-electron chi connectivity index (χ3n) is 5.62. The van der Waals surface area contributed by atoms with Gasteiger partial charge in [0.1, 0.15) is 13.2 Å². The summed E-state index contributed by atoms with van der Waals surface area (Å²) >= 11 is 3.51. The first kappa shape index (κ1) is 28.2. The average Bonchev–Trinajstić information content (AvgIpc) is 2.83. The molecule has 0 unspecified atom stereocenters. The number of methoxy groups -OCH3 is 1. The smallest absolute Gasteiger partial charge is 0.260 e. The van der Waals surface area contributed by atoms with Gasteiger partial charge in [0, 0.05) is 0 Å². The monoisotopic (exact) mass is 587 g/mol. The number of hydrazone groups is 1. The van der Waals surface area contributed by atoms with Crippen LogP contribution in [-0.2, 0) is 21.4 Å². The average molecular weight is 589 g/mol. The lowest BCUT2D eigenvalue weighted by Crippen LogP contribution is -2.39. The summed E-state index contributed by atoms with van der Waals surface area (Å²) in [5.74, 6) is 0.456. The highest BCUT2D eigenvalue weighted by Gasteiger charge is 2.21. The van der Waals surface area contributed by atoms with Crippen LogP contribution in [0.15, 0.2) is 64.2 Å². The number of halogens is 1. The van der Waals surface area contributed by atoms with Gasteiger partial charge in [0.25, 0.3) is 5.91 Å². The van der Waals surface area contributed by atoms with E-state index in [0.717, 1.165) is 27.3 Å². The van der Waals surface area contributed by atoms with Gasteiger partial charge in [0.05, 0.1) is 29.7 Å². The van der Waals surface area contributed by atoms with Gasteiger partial charge >= 0.3 is 0 Å². The summed E-state index contributed by atoms with van der Waals surface area (Å²) in [6.07, 6.45) is 2.50. The number of benzene rings is 3. The molecule has 0 aromatic heterocycles. The number of nitrogens with one attached hydrogen (secondary N) is 1. The van der Waals surface area contributed by atoms with Gasteiger partial charge in [0.15, 0.2) is 11.5 Å². The van der Waals surface area contributed by atoms with Crippen LogP contribution >= 0.6 is 15.9 Å². The number of rotatable bonds is 10. The quantitative estimate of drug-likeness (QED) is 0.269. The van der Waals surface area contributed by atoms with E-state index in [1.54, 1.807) is 24.3 Å². The van der Waals surface area contributed by atoms with E-state index < -0.39 is 22.5 Å². The predicted molar refractivity (Wildman–Crippen MR) is 150 cm³/mol. The largest absolute Gasteiger partial charge is 0.493 e. The molecule has 0 heterocycles. The molecule has 196 valence electrons. The Morgan fingerprint density at radius 1 is 1.05 bits per heavy atom. The molecule has 0 saturated carbocycles. The van der Waals surface area contributed by atoms with Gasteiger partial charge in [-0.05, 0) is 83.2 Å². The van der Waals surface area contributed by atoms with Crippen LogP contribution in [0.3, 0.4) is 0 Å². The molecule has 1 N–H and O–H groups in total. The second kappa shape index (κ2) is 12.2. The zero-order valence-corrected chi connectivity index (χ0v) is 23.8. The number of anilines is 1. The molecule has 10 heteroatoms. The Kier molecular flexibility index (Phi) is 9.34. The summed E-state index contributed by atoms with van der Waals surface area (Å²) in [4.78, 5) is 12.5. The Morgan fingerprint density at radius 2 is 1.76 bits per heavy atom. The molecular weight excluding hydrogens is 558 g/mol. The molecule has 1 amide bonds. The fraction of sp³-hybridized carbons (Fsp3) is 0.259. The standard InChI is InChI=1S/C27H30BrN3O5S/c1-18-6-9-21(10-7-18)17-36-27-24(28)13-22(14-25(27)35-4)15-29-30-26(32)16-31(37(5,33)34)23-11-8-19(2)20(3)12-23/h6-15H,16-17H2,1-5H3,(H,30,32)/b29-15-. The van der Waals surface area contributed by atoms with E-state index in [9.17, 15) is 13.2 Å². The fourth-order valence-corrected chi connectivity index (χ4v) is 4.84. The molecule has 0 aliphatic rings. The summed E-state index contributed by atoms with van der Waals surface area (Å²) in [5, 5.41) is 3.99. The minimum atomic E-state index is -3.68. The van der Waals surface area contributed by atoms with E-state index in [-0.39, 0.29) is 0 Å². The highest BCUT2D eigenvalue weighted by molar-refractivity contribution is 9.10. The molecule has 37 heavy (non-hydrogen) atoms. The van der Waals surface area contributed by atoms with Crippen molar-refractivity contribution in [2.24, 2.45) is 5.10 Å². The molecule has 3 aromatic rings. The number of carbonyl (C=O) groups is 1. The molecule has 0 bridgehead atoms. The first-order valence-corrected chi connectivity index (χ1v) is 14.0. The highest BCUT2D eigenvalue weighted by atomic mass is 79.9. The SMILES string of the molecule is COc1cc(/C=N\NC(=O)CN(c2ccc(C)c(C)c2)S(C)(=O)=O)cc(Br)c1OCc1ccc(C)cc1. The molecule has 0 aliphatic heterocycles.